The Hall–Kier alpha value is -3.41. The summed E-state index contributed by atoms with van der Waals surface area (Å²) in [6.07, 6.45) is 3.24. The minimum Gasteiger partial charge on any atom is -0.464 e. The standard InChI is InChI=1S/C18H13N3O3/c22-17-15-13(14-7-4-10-24-14)8-9-19-16(15)21(18(23)20-17)11-12-5-2-1-3-6-12/h1-10H,11H2,(H,20,22,23)/p+1. The van der Waals surface area contributed by atoms with E-state index in [0.717, 1.165) is 5.56 Å². The molecule has 0 bridgehead atoms. The summed E-state index contributed by atoms with van der Waals surface area (Å²) in [6.45, 7) is 0.352. The summed E-state index contributed by atoms with van der Waals surface area (Å²) >= 11 is 0. The van der Waals surface area contributed by atoms with E-state index >= 15 is 0 Å². The molecule has 1 aromatic carbocycles. The predicted octanol–water partition coefficient (Wildman–Crippen LogP) is 1.81. The average Bonchev–Trinajstić information content (AvgIpc) is 3.13. The van der Waals surface area contributed by atoms with Crippen molar-refractivity contribution in [3.8, 4) is 11.3 Å². The molecule has 4 aromatic rings. The molecule has 6 nitrogen and oxygen atoms in total. The van der Waals surface area contributed by atoms with Gasteiger partial charge >= 0.3 is 5.69 Å². The summed E-state index contributed by atoms with van der Waals surface area (Å²) in [5.41, 5.74) is 1.16. The topological polar surface area (TPSA) is 82.1 Å². The number of aromatic nitrogens is 3. The Labute approximate surface area is 136 Å². The van der Waals surface area contributed by atoms with Crippen LogP contribution in [-0.2, 0) is 6.54 Å². The van der Waals surface area contributed by atoms with Crippen molar-refractivity contribution in [2.75, 3.05) is 0 Å². The summed E-state index contributed by atoms with van der Waals surface area (Å²) in [6, 6.07) is 14.9. The van der Waals surface area contributed by atoms with Gasteiger partial charge in [-0.25, -0.2) is 9.78 Å². The summed E-state index contributed by atoms with van der Waals surface area (Å²) in [7, 11) is 0. The van der Waals surface area contributed by atoms with Crippen LogP contribution in [0.5, 0.6) is 0 Å². The van der Waals surface area contributed by atoms with Crippen molar-refractivity contribution in [3.05, 3.63) is 87.4 Å². The van der Waals surface area contributed by atoms with Crippen LogP contribution < -0.4 is 16.2 Å². The van der Waals surface area contributed by atoms with Gasteiger partial charge in [-0.15, -0.1) is 0 Å². The van der Waals surface area contributed by atoms with Crippen molar-refractivity contribution < 1.29 is 9.40 Å². The van der Waals surface area contributed by atoms with Crippen LogP contribution in [0, 0.1) is 0 Å². The summed E-state index contributed by atoms with van der Waals surface area (Å²) in [4.78, 5) is 30.1. The van der Waals surface area contributed by atoms with E-state index in [-0.39, 0.29) is 0 Å². The van der Waals surface area contributed by atoms with Gasteiger partial charge in [0.2, 0.25) is 0 Å². The van der Waals surface area contributed by atoms with E-state index in [9.17, 15) is 9.59 Å². The Bertz CT molecular complexity index is 1110. The predicted molar refractivity (Wildman–Crippen MR) is 88.6 cm³/mol. The van der Waals surface area contributed by atoms with Crippen molar-refractivity contribution in [3.63, 3.8) is 0 Å². The number of rotatable bonds is 3. The van der Waals surface area contributed by atoms with Crippen LogP contribution in [0.4, 0.5) is 0 Å². The first-order valence-corrected chi connectivity index (χ1v) is 7.49. The third kappa shape index (κ3) is 2.34. The number of aromatic amines is 2. The number of fused-ring (bicyclic) bond motifs is 1. The lowest BCUT2D eigenvalue weighted by atomic mass is 10.1. The molecule has 0 aliphatic carbocycles. The van der Waals surface area contributed by atoms with Crippen LogP contribution >= 0.6 is 0 Å². The molecule has 3 aromatic heterocycles. The molecule has 0 radical (unpaired) electrons. The van der Waals surface area contributed by atoms with Crippen LogP contribution in [0.25, 0.3) is 22.4 Å². The van der Waals surface area contributed by atoms with E-state index < -0.39 is 11.2 Å². The lowest BCUT2D eigenvalue weighted by molar-refractivity contribution is -0.349. The van der Waals surface area contributed by atoms with Crippen molar-refractivity contribution in [2.24, 2.45) is 0 Å². The van der Waals surface area contributed by atoms with Gasteiger partial charge in [-0.3, -0.25) is 9.78 Å². The first kappa shape index (κ1) is 14.2. The van der Waals surface area contributed by atoms with Gasteiger partial charge in [-0.2, -0.15) is 4.57 Å². The van der Waals surface area contributed by atoms with Crippen LogP contribution in [-0.4, -0.2) is 9.55 Å². The van der Waals surface area contributed by atoms with Gasteiger partial charge < -0.3 is 4.42 Å². The van der Waals surface area contributed by atoms with Crippen molar-refractivity contribution in [2.45, 2.75) is 6.54 Å². The SMILES string of the molecule is O=c1[nH]c(=O)n(Cc2ccccc2)c2[nH+]ccc(-c3ccco3)c12. The molecule has 3 heterocycles. The van der Waals surface area contributed by atoms with Gasteiger partial charge in [0.15, 0.2) is 0 Å². The van der Waals surface area contributed by atoms with E-state index in [1.54, 1.807) is 30.7 Å². The molecule has 118 valence electrons. The maximum Gasteiger partial charge on any atom is 0.416 e. The summed E-state index contributed by atoms with van der Waals surface area (Å²) < 4.78 is 6.93. The Balaban J connectivity index is 2.00. The van der Waals surface area contributed by atoms with Crippen LogP contribution in [0.2, 0.25) is 0 Å². The highest BCUT2D eigenvalue weighted by atomic mass is 16.3. The van der Waals surface area contributed by atoms with E-state index in [0.29, 0.717) is 28.9 Å². The van der Waals surface area contributed by atoms with Crippen LogP contribution in [0.15, 0.2) is 75.0 Å². The molecule has 0 fully saturated rings. The van der Waals surface area contributed by atoms with Gasteiger partial charge in [0.05, 0.1) is 12.5 Å². The largest absolute Gasteiger partial charge is 0.464 e. The molecule has 24 heavy (non-hydrogen) atoms. The highest BCUT2D eigenvalue weighted by Crippen LogP contribution is 2.23. The van der Waals surface area contributed by atoms with Crippen molar-refractivity contribution >= 4 is 11.0 Å². The van der Waals surface area contributed by atoms with E-state index in [1.807, 2.05) is 30.3 Å². The Morgan fingerprint density at radius 1 is 1.04 bits per heavy atom. The van der Waals surface area contributed by atoms with Gasteiger partial charge in [0.25, 0.3) is 11.2 Å². The molecule has 0 aliphatic rings. The third-order valence-corrected chi connectivity index (χ3v) is 3.91. The Morgan fingerprint density at radius 2 is 1.88 bits per heavy atom. The molecule has 0 aliphatic heterocycles. The first-order chi connectivity index (χ1) is 11.7. The number of pyridine rings is 1. The quantitative estimate of drug-likeness (QED) is 0.625. The molecule has 0 spiro atoms. The molecule has 0 saturated heterocycles. The zero-order valence-electron chi connectivity index (χ0n) is 12.7. The van der Waals surface area contributed by atoms with Gasteiger partial charge in [0.1, 0.15) is 17.7 Å². The van der Waals surface area contributed by atoms with E-state index in [1.165, 1.54) is 4.57 Å². The number of hydrogen-bond donors (Lipinski definition) is 1. The van der Waals surface area contributed by atoms with Gasteiger partial charge in [-0.1, -0.05) is 30.3 Å². The second-order valence-corrected chi connectivity index (χ2v) is 5.42. The number of nitrogens with one attached hydrogen (secondary N) is 2. The zero-order valence-corrected chi connectivity index (χ0v) is 12.7. The fourth-order valence-electron chi connectivity index (χ4n) is 2.81. The molecule has 0 unspecified atom stereocenters. The molecule has 0 atom stereocenters. The number of hydrogen-bond acceptors (Lipinski definition) is 3. The molecule has 6 heteroatoms. The Morgan fingerprint density at radius 3 is 2.62 bits per heavy atom. The van der Waals surface area contributed by atoms with Gasteiger partial charge in [0, 0.05) is 5.56 Å². The maximum absolute atomic E-state index is 12.4. The fourth-order valence-corrected chi connectivity index (χ4v) is 2.81. The zero-order chi connectivity index (χ0) is 16.5. The van der Waals surface area contributed by atoms with Gasteiger partial charge in [-0.05, 0) is 23.8 Å². The number of H-pyrrole nitrogens is 2. The van der Waals surface area contributed by atoms with Crippen molar-refractivity contribution in [1.29, 1.82) is 0 Å². The number of nitrogens with zero attached hydrogens (tertiary/aromatic N) is 1. The maximum atomic E-state index is 12.4. The molecule has 4 rings (SSSR count). The average molecular weight is 320 g/mol. The lowest BCUT2D eigenvalue weighted by Crippen LogP contribution is -2.34. The molecular formula is C18H14N3O3+. The second kappa shape index (κ2) is 5.66. The highest BCUT2D eigenvalue weighted by Gasteiger charge is 2.20. The Kier molecular flexibility index (Phi) is 3.35. The monoisotopic (exact) mass is 320 g/mol. The third-order valence-electron chi connectivity index (χ3n) is 3.91. The summed E-state index contributed by atoms with van der Waals surface area (Å²) in [5, 5.41) is 0.392. The van der Waals surface area contributed by atoms with Crippen LogP contribution in [0.3, 0.4) is 0 Å². The van der Waals surface area contributed by atoms with Crippen molar-refractivity contribution in [1.82, 2.24) is 9.55 Å². The minimum absolute atomic E-state index is 0.352. The molecular weight excluding hydrogens is 306 g/mol. The molecule has 0 saturated carbocycles. The van der Waals surface area contributed by atoms with E-state index in [2.05, 4.69) is 9.97 Å². The highest BCUT2D eigenvalue weighted by molar-refractivity contribution is 5.88. The van der Waals surface area contributed by atoms with E-state index in [4.69, 9.17) is 4.42 Å². The second-order valence-electron chi connectivity index (χ2n) is 5.42. The normalized spacial score (nSPS) is 11.0. The number of benzene rings is 1. The molecule has 2 N–H and O–H groups in total. The minimum atomic E-state index is -0.454. The number of furan rings is 1. The smallest absolute Gasteiger partial charge is 0.416 e. The molecule has 0 amide bonds. The lowest BCUT2D eigenvalue weighted by Gasteiger charge is -2.05. The van der Waals surface area contributed by atoms with Crippen LogP contribution in [0.1, 0.15) is 5.56 Å². The summed E-state index contributed by atoms with van der Waals surface area (Å²) in [5.74, 6) is 0.574. The fraction of sp³-hybridized carbons (Fsp3) is 0.0556. The first-order valence-electron chi connectivity index (χ1n) is 7.49.